The van der Waals surface area contributed by atoms with Crippen LogP contribution in [0.2, 0.25) is 0 Å². The van der Waals surface area contributed by atoms with Gasteiger partial charge in [-0.2, -0.15) is 0 Å². The molecule has 0 aromatic carbocycles. The van der Waals surface area contributed by atoms with Gasteiger partial charge in [-0.05, 0) is 25.7 Å². The summed E-state index contributed by atoms with van der Waals surface area (Å²) in [6.45, 7) is 0.882. The van der Waals surface area contributed by atoms with Crippen LogP contribution in [0.5, 0.6) is 0 Å². The van der Waals surface area contributed by atoms with E-state index in [1.54, 1.807) is 0 Å². The SMILES string of the molecule is O=C1CCCCCCCCCCCCCCC(=O)OCCCCO1. The lowest BCUT2D eigenvalue weighted by Crippen LogP contribution is -2.08. The van der Waals surface area contributed by atoms with Crippen molar-refractivity contribution in [1.29, 1.82) is 0 Å². The van der Waals surface area contributed by atoms with Gasteiger partial charge in [-0.1, -0.05) is 64.2 Å². The average molecular weight is 341 g/mol. The van der Waals surface area contributed by atoms with Crippen molar-refractivity contribution in [1.82, 2.24) is 0 Å². The first-order valence-corrected chi connectivity index (χ1v) is 10.1. The molecule has 0 spiro atoms. The number of carbonyl (C=O) groups is 2. The molecule has 0 unspecified atom stereocenters. The van der Waals surface area contributed by atoms with Gasteiger partial charge in [0.2, 0.25) is 0 Å². The summed E-state index contributed by atoms with van der Waals surface area (Å²) in [6, 6.07) is 0. The van der Waals surface area contributed by atoms with Crippen LogP contribution >= 0.6 is 0 Å². The van der Waals surface area contributed by atoms with Crippen LogP contribution in [0.4, 0.5) is 0 Å². The van der Waals surface area contributed by atoms with Gasteiger partial charge in [-0.15, -0.1) is 0 Å². The van der Waals surface area contributed by atoms with Gasteiger partial charge < -0.3 is 9.47 Å². The second kappa shape index (κ2) is 15.5. The Kier molecular flexibility index (Phi) is 13.5. The molecule has 0 radical (unpaired) electrons. The van der Waals surface area contributed by atoms with Crippen molar-refractivity contribution in [2.45, 2.75) is 103 Å². The van der Waals surface area contributed by atoms with Crippen LogP contribution in [-0.2, 0) is 19.1 Å². The Morgan fingerprint density at radius 3 is 1.04 bits per heavy atom. The fourth-order valence-electron chi connectivity index (χ4n) is 3.03. The van der Waals surface area contributed by atoms with Crippen molar-refractivity contribution in [2.75, 3.05) is 13.2 Å². The van der Waals surface area contributed by atoms with Crippen LogP contribution < -0.4 is 0 Å². The highest BCUT2D eigenvalue weighted by Crippen LogP contribution is 2.13. The number of esters is 2. The number of hydrogen-bond donors (Lipinski definition) is 0. The molecule has 0 atom stereocenters. The number of hydrogen-bond acceptors (Lipinski definition) is 4. The summed E-state index contributed by atoms with van der Waals surface area (Å²) in [5.41, 5.74) is 0. The molecule has 0 aliphatic carbocycles. The molecule has 0 aromatic rings. The highest BCUT2D eigenvalue weighted by atomic mass is 16.5. The zero-order valence-electron chi connectivity index (χ0n) is 15.4. The van der Waals surface area contributed by atoms with Crippen molar-refractivity contribution < 1.29 is 19.1 Å². The van der Waals surface area contributed by atoms with Crippen molar-refractivity contribution in [2.24, 2.45) is 0 Å². The third kappa shape index (κ3) is 13.4. The number of rotatable bonds is 0. The number of cyclic esters (lactones) is 2. The maximum atomic E-state index is 11.6. The van der Waals surface area contributed by atoms with Crippen molar-refractivity contribution in [3.05, 3.63) is 0 Å². The molecule has 1 heterocycles. The normalized spacial score (nSPS) is 22.5. The van der Waals surface area contributed by atoms with E-state index in [1.807, 2.05) is 0 Å². The maximum Gasteiger partial charge on any atom is 0.305 e. The van der Waals surface area contributed by atoms with E-state index in [1.165, 1.54) is 51.4 Å². The summed E-state index contributed by atoms with van der Waals surface area (Å²) in [7, 11) is 0. The Morgan fingerprint density at radius 1 is 0.417 bits per heavy atom. The maximum absolute atomic E-state index is 11.6. The number of carbonyl (C=O) groups excluding carboxylic acids is 2. The molecule has 1 saturated heterocycles. The predicted molar refractivity (Wildman–Crippen MR) is 95.8 cm³/mol. The minimum absolute atomic E-state index is 0.0888. The summed E-state index contributed by atoms with van der Waals surface area (Å²) in [5.74, 6) is -0.178. The smallest absolute Gasteiger partial charge is 0.305 e. The van der Waals surface area contributed by atoms with Crippen molar-refractivity contribution in [3.63, 3.8) is 0 Å². The zero-order chi connectivity index (χ0) is 17.3. The molecule has 1 fully saturated rings. The molecule has 0 bridgehead atoms. The third-order valence-electron chi connectivity index (χ3n) is 4.58. The monoisotopic (exact) mass is 340 g/mol. The third-order valence-corrected chi connectivity index (χ3v) is 4.58. The summed E-state index contributed by atoms with van der Waals surface area (Å²) >= 11 is 0. The number of ether oxygens (including phenoxy) is 2. The van der Waals surface area contributed by atoms with Gasteiger partial charge in [-0.25, -0.2) is 0 Å². The van der Waals surface area contributed by atoms with E-state index in [0.29, 0.717) is 26.1 Å². The topological polar surface area (TPSA) is 52.6 Å². The van der Waals surface area contributed by atoms with Gasteiger partial charge in [0.1, 0.15) is 0 Å². The lowest BCUT2D eigenvalue weighted by molar-refractivity contribution is -0.146. The van der Waals surface area contributed by atoms with E-state index in [9.17, 15) is 9.59 Å². The molecule has 0 aromatic heterocycles. The molecule has 1 aliphatic heterocycles. The molecule has 1 aliphatic rings. The Bertz CT molecular complexity index is 296. The highest BCUT2D eigenvalue weighted by Gasteiger charge is 2.05. The Hall–Kier alpha value is -1.06. The standard InChI is InChI=1S/C20H36O4/c21-19-15-11-9-7-5-3-1-2-4-6-8-10-12-16-20(22)24-18-14-13-17-23-19/h1-18H2. The largest absolute Gasteiger partial charge is 0.466 e. The molecule has 24 heavy (non-hydrogen) atoms. The van der Waals surface area contributed by atoms with E-state index in [0.717, 1.165) is 38.5 Å². The fraction of sp³-hybridized carbons (Fsp3) is 0.900. The molecular weight excluding hydrogens is 304 g/mol. The summed E-state index contributed by atoms with van der Waals surface area (Å²) in [5, 5.41) is 0. The van der Waals surface area contributed by atoms with E-state index >= 15 is 0 Å². The van der Waals surface area contributed by atoms with Gasteiger partial charge in [0.15, 0.2) is 0 Å². The molecule has 0 saturated carbocycles. The molecule has 140 valence electrons. The Labute approximate surface area is 147 Å². The molecule has 1 rings (SSSR count). The quantitative estimate of drug-likeness (QED) is 0.559. The van der Waals surface area contributed by atoms with Gasteiger partial charge in [0, 0.05) is 12.8 Å². The fourth-order valence-corrected chi connectivity index (χ4v) is 3.03. The second-order valence-electron chi connectivity index (χ2n) is 6.89. The first-order chi connectivity index (χ1) is 11.8. The molecule has 0 amide bonds. The van der Waals surface area contributed by atoms with E-state index in [2.05, 4.69) is 0 Å². The van der Waals surface area contributed by atoms with Gasteiger partial charge in [0.25, 0.3) is 0 Å². The zero-order valence-corrected chi connectivity index (χ0v) is 15.4. The molecule has 4 heteroatoms. The minimum atomic E-state index is -0.0888. The van der Waals surface area contributed by atoms with Crippen LogP contribution in [0.1, 0.15) is 103 Å². The van der Waals surface area contributed by atoms with Crippen LogP contribution in [0.15, 0.2) is 0 Å². The summed E-state index contributed by atoms with van der Waals surface area (Å²) in [4.78, 5) is 23.2. The van der Waals surface area contributed by atoms with E-state index in [-0.39, 0.29) is 11.9 Å². The highest BCUT2D eigenvalue weighted by molar-refractivity contribution is 5.69. The van der Waals surface area contributed by atoms with E-state index < -0.39 is 0 Å². The Balaban J connectivity index is 2.16. The molecule has 0 N–H and O–H groups in total. The van der Waals surface area contributed by atoms with Crippen molar-refractivity contribution in [3.8, 4) is 0 Å². The van der Waals surface area contributed by atoms with Crippen LogP contribution in [-0.4, -0.2) is 25.2 Å². The second-order valence-corrected chi connectivity index (χ2v) is 6.89. The predicted octanol–water partition coefficient (Wildman–Crippen LogP) is 5.33. The minimum Gasteiger partial charge on any atom is -0.466 e. The van der Waals surface area contributed by atoms with Gasteiger partial charge in [-0.3, -0.25) is 9.59 Å². The van der Waals surface area contributed by atoms with Gasteiger partial charge in [0.05, 0.1) is 13.2 Å². The summed E-state index contributed by atoms with van der Waals surface area (Å²) in [6.07, 6.45) is 17.1. The first-order valence-electron chi connectivity index (χ1n) is 10.1. The van der Waals surface area contributed by atoms with Gasteiger partial charge >= 0.3 is 11.9 Å². The summed E-state index contributed by atoms with van der Waals surface area (Å²) < 4.78 is 10.4. The van der Waals surface area contributed by atoms with Crippen LogP contribution in [0, 0.1) is 0 Å². The lowest BCUT2D eigenvalue weighted by Gasteiger charge is -2.07. The van der Waals surface area contributed by atoms with Crippen molar-refractivity contribution >= 4 is 11.9 Å². The van der Waals surface area contributed by atoms with Crippen LogP contribution in [0.3, 0.4) is 0 Å². The van der Waals surface area contributed by atoms with E-state index in [4.69, 9.17) is 9.47 Å². The lowest BCUT2D eigenvalue weighted by atomic mass is 10.0. The molecule has 4 nitrogen and oxygen atoms in total. The van der Waals surface area contributed by atoms with Crippen LogP contribution in [0.25, 0.3) is 0 Å². The molecular formula is C20H36O4. The first kappa shape index (κ1) is 21.0. The Morgan fingerprint density at radius 2 is 0.708 bits per heavy atom. The average Bonchev–Trinajstić information content (AvgIpc) is 2.57.